The van der Waals surface area contributed by atoms with Crippen molar-refractivity contribution >= 4 is 0 Å². The van der Waals surface area contributed by atoms with E-state index in [0.29, 0.717) is 17.9 Å². The number of phenolic OH excluding ortho intramolecular Hbond substituents is 2. The molecule has 0 aromatic heterocycles. The molecule has 0 spiro atoms. The Balaban J connectivity index is 2.03. The molecular formula is C15H14O4. The highest BCUT2D eigenvalue weighted by Gasteiger charge is 2.33. The van der Waals surface area contributed by atoms with E-state index in [2.05, 4.69) is 0 Å². The monoisotopic (exact) mass is 258 g/mol. The zero-order valence-corrected chi connectivity index (χ0v) is 10.2. The molecule has 4 heteroatoms. The first kappa shape index (κ1) is 11.9. The third-order valence-corrected chi connectivity index (χ3v) is 3.43. The number of fused-ring (bicyclic) bond motifs is 1. The predicted molar refractivity (Wildman–Crippen MR) is 69.4 cm³/mol. The fraction of sp³-hybridized carbons (Fsp3) is 0.200. The molecule has 3 N–H and O–H groups in total. The van der Waals surface area contributed by atoms with Crippen molar-refractivity contribution in [2.24, 2.45) is 0 Å². The molecule has 2 unspecified atom stereocenters. The van der Waals surface area contributed by atoms with Gasteiger partial charge in [0.05, 0.1) is 18.3 Å². The van der Waals surface area contributed by atoms with Gasteiger partial charge in [-0.2, -0.15) is 0 Å². The van der Waals surface area contributed by atoms with Gasteiger partial charge in [0.15, 0.2) is 0 Å². The molecule has 1 heterocycles. The van der Waals surface area contributed by atoms with Crippen LogP contribution in [-0.2, 0) is 0 Å². The van der Waals surface area contributed by atoms with Gasteiger partial charge in [-0.05, 0) is 5.56 Å². The summed E-state index contributed by atoms with van der Waals surface area (Å²) in [6, 6.07) is 12.1. The molecule has 0 saturated heterocycles. The zero-order chi connectivity index (χ0) is 13.4. The van der Waals surface area contributed by atoms with Crippen LogP contribution in [0, 0.1) is 0 Å². The van der Waals surface area contributed by atoms with Crippen LogP contribution >= 0.6 is 0 Å². The Morgan fingerprint density at radius 1 is 1.05 bits per heavy atom. The lowest BCUT2D eigenvalue weighted by molar-refractivity contribution is 0.0859. The number of aliphatic hydroxyl groups excluding tert-OH is 1. The molecule has 98 valence electrons. The second kappa shape index (κ2) is 4.48. The topological polar surface area (TPSA) is 69.9 Å². The molecule has 19 heavy (non-hydrogen) atoms. The van der Waals surface area contributed by atoms with Crippen LogP contribution in [0.3, 0.4) is 0 Å². The van der Waals surface area contributed by atoms with Crippen molar-refractivity contribution in [3.8, 4) is 17.2 Å². The molecule has 0 amide bonds. The first-order valence-corrected chi connectivity index (χ1v) is 6.08. The number of phenols is 2. The van der Waals surface area contributed by atoms with E-state index in [9.17, 15) is 15.3 Å². The van der Waals surface area contributed by atoms with Crippen LogP contribution < -0.4 is 4.74 Å². The predicted octanol–water partition coefficient (Wildman–Crippen LogP) is 2.31. The Morgan fingerprint density at radius 3 is 2.53 bits per heavy atom. The van der Waals surface area contributed by atoms with Gasteiger partial charge < -0.3 is 20.1 Å². The normalized spacial score (nSPS) is 21.5. The van der Waals surface area contributed by atoms with Gasteiger partial charge in [0.2, 0.25) is 0 Å². The minimum Gasteiger partial charge on any atom is -0.508 e. The van der Waals surface area contributed by atoms with Crippen LogP contribution in [-0.4, -0.2) is 21.9 Å². The summed E-state index contributed by atoms with van der Waals surface area (Å²) in [6.45, 7) is 0.307. The average molecular weight is 258 g/mol. The van der Waals surface area contributed by atoms with Gasteiger partial charge in [0.1, 0.15) is 17.2 Å². The quantitative estimate of drug-likeness (QED) is 0.734. The number of aliphatic hydroxyl groups is 1. The Morgan fingerprint density at radius 2 is 1.79 bits per heavy atom. The minimum atomic E-state index is -0.855. The highest BCUT2D eigenvalue weighted by atomic mass is 16.5. The number of hydrogen-bond acceptors (Lipinski definition) is 4. The van der Waals surface area contributed by atoms with Gasteiger partial charge in [0, 0.05) is 18.1 Å². The second-order valence-electron chi connectivity index (χ2n) is 4.65. The first-order chi connectivity index (χ1) is 9.16. The van der Waals surface area contributed by atoms with Gasteiger partial charge in [-0.15, -0.1) is 0 Å². The molecule has 2 aromatic carbocycles. The van der Waals surface area contributed by atoms with Crippen LogP contribution in [0.2, 0.25) is 0 Å². The Labute approximate surface area is 110 Å². The maximum Gasteiger partial charge on any atom is 0.132 e. The fourth-order valence-electron chi connectivity index (χ4n) is 2.47. The van der Waals surface area contributed by atoms with E-state index in [4.69, 9.17) is 4.74 Å². The molecule has 1 aliphatic rings. The number of benzene rings is 2. The largest absolute Gasteiger partial charge is 0.508 e. The standard InChI is InChI=1S/C15H14O4/c16-10-6-12(17)14-13(7-10)19-8-11(15(14)18)9-4-2-1-3-5-9/h1-7,11,15-18H,8H2. The van der Waals surface area contributed by atoms with Crippen molar-refractivity contribution in [3.05, 3.63) is 53.6 Å². The van der Waals surface area contributed by atoms with E-state index >= 15 is 0 Å². The summed E-state index contributed by atoms with van der Waals surface area (Å²) in [4.78, 5) is 0. The number of ether oxygens (including phenoxy) is 1. The molecule has 0 aliphatic carbocycles. The summed E-state index contributed by atoms with van der Waals surface area (Å²) in [5.74, 6) is -0.133. The third-order valence-electron chi connectivity index (χ3n) is 3.43. The summed E-state index contributed by atoms with van der Waals surface area (Å²) in [6.07, 6.45) is -0.855. The smallest absolute Gasteiger partial charge is 0.132 e. The van der Waals surface area contributed by atoms with Gasteiger partial charge in [-0.3, -0.25) is 0 Å². The van der Waals surface area contributed by atoms with E-state index in [1.54, 1.807) is 0 Å². The number of aromatic hydroxyl groups is 2. The summed E-state index contributed by atoms with van der Waals surface area (Å²) in [5, 5.41) is 29.7. The molecule has 1 aliphatic heterocycles. The first-order valence-electron chi connectivity index (χ1n) is 6.08. The number of hydrogen-bond donors (Lipinski definition) is 3. The lowest BCUT2D eigenvalue weighted by atomic mass is 9.87. The Hall–Kier alpha value is -2.20. The Kier molecular flexibility index (Phi) is 2.80. The molecule has 0 radical (unpaired) electrons. The summed E-state index contributed by atoms with van der Waals surface area (Å²) in [7, 11) is 0. The van der Waals surface area contributed by atoms with E-state index < -0.39 is 6.10 Å². The van der Waals surface area contributed by atoms with Crippen molar-refractivity contribution in [1.29, 1.82) is 0 Å². The minimum absolute atomic E-state index is 0.0818. The SMILES string of the molecule is Oc1cc(O)c2c(c1)OCC(c1ccccc1)C2O. The van der Waals surface area contributed by atoms with Crippen molar-refractivity contribution in [3.63, 3.8) is 0 Å². The highest BCUT2D eigenvalue weighted by molar-refractivity contribution is 5.52. The van der Waals surface area contributed by atoms with Gasteiger partial charge >= 0.3 is 0 Å². The summed E-state index contributed by atoms with van der Waals surface area (Å²) < 4.78 is 5.54. The van der Waals surface area contributed by atoms with E-state index in [1.165, 1.54) is 12.1 Å². The molecule has 4 nitrogen and oxygen atoms in total. The van der Waals surface area contributed by atoms with Gasteiger partial charge in [-0.25, -0.2) is 0 Å². The van der Waals surface area contributed by atoms with Crippen molar-refractivity contribution in [1.82, 2.24) is 0 Å². The van der Waals surface area contributed by atoms with Crippen molar-refractivity contribution < 1.29 is 20.1 Å². The van der Waals surface area contributed by atoms with Crippen LogP contribution in [0.15, 0.2) is 42.5 Å². The van der Waals surface area contributed by atoms with Crippen LogP contribution in [0.1, 0.15) is 23.1 Å². The Bertz CT molecular complexity index is 595. The van der Waals surface area contributed by atoms with Crippen LogP contribution in [0.4, 0.5) is 0 Å². The lowest BCUT2D eigenvalue weighted by Crippen LogP contribution is -2.24. The summed E-state index contributed by atoms with van der Waals surface area (Å²) >= 11 is 0. The second-order valence-corrected chi connectivity index (χ2v) is 4.65. The molecule has 0 saturated carbocycles. The maximum absolute atomic E-state index is 10.4. The summed E-state index contributed by atoms with van der Waals surface area (Å²) in [5.41, 5.74) is 1.28. The fourth-order valence-corrected chi connectivity index (χ4v) is 2.47. The van der Waals surface area contributed by atoms with Crippen molar-refractivity contribution in [2.75, 3.05) is 6.61 Å². The zero-order valence-electron chi connectivity index (χ0n) is 10.2. The lowest BCUT2D eigenvalue weighted by Gasteiger charge is -2.31. The van der Waals surface area contributed by atoms with Gasteiger partial charge in [0.25, 0.3) is 0 Å². The van der Waals surface area contributed by atoms with Crippen molar-refractivity contribution in [2.45, 2.75) is 12.0 Å². The van der Waals surface area contributed by atoms with Crippen LogP contribution in [0.5, 0.6) is 17.2 Å². The molecule has 0 fully saturated rings. The van der Waals surface area contributed by atoms with E-state index in [-0.39, 0.29) is 17.4 Å². The third kappa shape index (κ3) is 2.00. The maximum atomic E-state index is 10.4. The molecule has 0 bridgehead atoms. The van der Waals surface area contributed by atoms with E-state index in [0.717, 1.165) is 5.56 Å². The molecule has 2 atom stereocenters. The van der Waals surface area contributed by atoms with Gasteiger partial charge in [-0.1, -0.05) is 30.3 Å². The van der Waals surface area contributed by atoms with E-state index in [1.807, 2.05) is 30.3 Å². The highest BCUT2D eigenvalue weighted by Crippen LogP contribution is 2.46. The van der Waals surface area contributed by atoms with Crippen LogP contribution in [0.25, 0.3) is 0 Å². The number of rotatable bonds is 1. The average Bonchev–Trinajstić information content (AvgIpc) is 2.39. The molecule has 3 rings (SSSR count). The molecular weight excluding hydrogens is 244 g/mol. The molecule has 2 aromatic rings.